The number of carbonyl (C=O) groups is 2. The SMILES string of the molecule is C.CCC(O)COc1ccc(OCC(O)COC(=O)CCCCCCCCCCC(=O)OC)cc1. The summed E-state index contributed by atoms with van der Waals surface area (Å²) in [7, 11) is 1.41. The predicted octanol–water partition coefficient (Wildman–Crippen LogP) is 4.83. The predicted molar refractivity (Wildman–Crippen MR) is 136 cm³/mol. The van der Waals surface area contributed by atoms with Crippen LogP contribution in [-0.4, -0.2) is 61.3 Å². The van der Waals surface area contributed by atoms with E-state index in [0.29, 0.717) is 30.8 Å². The molecule has 0 aliphatic rings. The summed E-state index contributed by atoms with van der Waals surface area (Å²) < 4.78 is 20.7. The second kappa shape index (κ2) is 21.0. The van der Waals surface area contributed by atoms with Gasteiger partial charge in [0.2, 0.25) is 0 Å². The highest BCUT2D eigenvalue weighted by Gasteiger charge is 2.10. The molecular formula is C27H46O8. The average molecular weight is 499 g/mol. The second-order valence-electron chi connectivity index (χ2n) is 8.40. The number of aliphatic hydroxyl groups excluding tert-OH is 2. The van der Waals surface area contributed by atoms with Crippen LogP contribution < -0.4 is 9.47 Å². The minimum absolute atomic E-state index is 0. The van der Waals surface area contributed by atoms with Gasteiger partial charge in [-0.3, -0.25) is 9.59 Å². The summed E-state index contributed by atoms with van der Waals surface area (Å²) in [6, 6.07) is 6.90. The van der Waals surface area contributed by atoms with Crippen LogP contribution in [0.5, 0.6) is 11.5 Å². The van der Waals surface area contributed by atoms with E-state index in [0.717, 1.165) is 51.4 Å². The fourth-order valence-corrected chi connectivity index (χ4v) is 3.15. The van der Waals surface area contributed by atoms with Crippen LogP contribution >= 0.6 is 0 Å². The lowest BCUT2D eigenvalue weighted by molar-refractivity contribution is -0.147. The largest absolute Gasteiger partial charge is 0.491 e. The van der Waals surface area contributed by atoms with Crippen LogP contribution in [0.3, 0.4) is 0 Å². The molecule has 2 atom stereocenters. The number of methoxy groups -OCH3 is 1. The van der Waals surface area contributed by atoms with Crippen LogP contribution in [0.1, 0.15) is 85.0 Å². The molecule has 2 N–H and O–H groups in total. The molecule has 1 aromatic rings. The first-order chi connectivity index (χ1) is 16.4. The van der Waals surface area contributed by atoms with Crippen molar-refractivity contribution in [3.05, 3.63) is 24.3 Å². The van der Waals surface area contributed by atoms with Gasteiger partial charge in [-0.2, -0.15) is 0 Å². The Labute approximate surface area is 210 Å². The van der Waals surface area contributed by atoms with Crippen LogP contribution in [0, 0.1) is 0 Å². The van der Waals surface area contributed by atoms with Gasteiger partial charge in [0, 0.05) is 12.8 Å². The number of unbranched alkanes of at least 4 members (excludes halogenated alkanes) is 7. The Morgan fingerprint density at radius 2 is 1.14 bits per heavy atom. The Morgan fingerprint density at radius 3 is 1.60 bits per heavy atom. The minimum atomic E-state index is -0.904. The monoisotopic (exact) mass is 498 g/mol. The van der Waals surface area contributed by atoms with E-state index < -0.39 is 12.2 Å². The minimum Gasteiger partial charge on any atom is -0.491 e. The fourth-order valence-electron chi connectivity index (χ4n) is 3.15. The zero-order chi connectivity index (χ0) is 25.0. The first-order valence-electron chi connectivity index (χ1n) is 12.4. The molecule has 1 aromatic carbocycles. The lowest BCUT2D eigenvalue weighted by Gasteiger charge is -2.14. The molecule has 0 saturated carbocycles. The van der Waals surface area contributed by atoms with Gasteiger partial charge in [0.05, 0.1) is 13.2 Å². The number of esters is 2. The van der Waals surface area contributed by atoms with E-state index in [4.69, 9.17) is 14.2 Å². The molecular weight excluding hydrogens is 452 g/mol. The maximum absolute atomic E-state index is 11.8. The Balaban J connectivity index is 0.0000116. The van der Waals surface area contributed by atoms with E-state index in [-0.39, 0.29) is 39.2 Å². The highest BCUT2D eigenvalue weighted by molar-refractivity contribution is 5.69. The molecule has 35 heavy (non-hydrogen) atoms. The third-order valence-electron chi connectivity index (χ3n) is 5.36. The van der Waals surface area contributed by atoms with Gasteiger partial charge in [-0.25, -0.2) is 0 Å². The van der Waals surface area contributed by atoms with Crippen molar-refractivity contribution >= 4 is 11.9 Å². The van der Waals surface area contributed by atoms with Crippen molar-refractivity contribution in [1.82, 2.24) is 0 Å². The molecule has 2 unspecified atom stereocenters. The Hall–Kier alpha value is -2.32. The van der Waals surface area contributed by atoms with Crippen molar-refractivity contribution in [2.45, 2.75) is 97.2 Å². The van der Waals surface area contributed by atoms with Gasteiger partial charge in [0.25, 0.3) is 0 Å². The summed E-state index contributed by atoms with van der Waals surface area (Å²) in [4.78, 5) is 22.8. The van der Waals surface area contributed by atoms with Crippen molar-refractivity contribution in [2.24, 2.45) is 0 Å². The highest BCUT2D eigenvalue weighted by atomic mass is 16.5. The van der Waals surface area contributed by atoms with E-state index in [1.54, 1.807) is 24.3 Å². The van der Waals surface area contributed by atoms with E-state index in [1.807, 2.05) is 6.92 Å². The van der Waals surface area contributed by atoms with Crippen LogP contribution in [0.4, 0.5) is 0 Å². The first kappa shape index (κ1) is 32.7. The number of rotatable bonds is 20. The summed E-state index contributed by atoms with van der Waals surface area (Å²) >= 11 is 0. The third kappa shape index (κ3) is 17.7. The maximum atomic E-state index is 11.8. The van der Waals surface area contributed by atoms with Crippen LogP contribution in [0.15, 0.2) is 24.3 Å². The van der Waals surface area contributed by atoms with Gasteiger partial charge in [-0.05, 0) is 43.5 Å². The number of benzene rings is 1. The molecule has 0 aliphatic carbocycles. The highest BCUT2D eigenvalue weighted by Crippen LogP contribution is 2.18. The molecule has 0 saturated heterocycles. The van der Waals surface area contributed by atoms with E-state index in [9.17, 15) is 19.8 Å². The topological polar surface area (TPSA) is 112 Å². The molecule has 0 bridgehead atoms. The molecule has 1 rings (SSSR count). The van der Waals surface area contributed by atoms with Gasteiger partial charge in [-0.15, -0.1) is 0 Å². The molecule has 0 aromatic heterocycles. The zero-order valence-electron chi connectivity index (χ0n) is 20.7. The summed E-state index contributed by atoms with van der Waals surface area (Å²) in [5.74, 6) is 0.743. The molecule has 0 spiro atoms. The molecule has 202 valence electrons. The standard InChI is InChI=1S/C26H42O8.CH4/c1-3-21(27)18-32-23-14-16-24(17-15-23)33-19-22(28)20-34-26(30)13-11-9-7-5-4-6-8-10-12-25(29)31-2;/h14-17,21-22,27-28H,3-13,18-20H2,1-2H3;1H4. The summed E-state index contributed by atoms with van der Waals surface area (Å²) in [6.45, 7) is 2.04. The summed E-state index contributed by atoms with van der Waals surface area (Å²) in [5.41, 5.74) is 0. The third-order valence-corrected chi connectivity index (χ3v) is 5.36. The molecule has 0 aliphatic heterocycles. The van der Waals surface area contributed by atoms with Gasteiger partial charge >= 0.3 is 11.9 Å². The summed E-state index contributed by atoms with van der Waals surface area (Å²) in [6.07, 6.45) is 8.18. The number of hydrogen-bond acceptors (Lipinski definition) is 8. The van der Waals surface area contributed by atoms with Crippen molar-refractivity contribution in [3.8, 4) is 11.5 Å². The maximum Gasteiger partial charge on any atom is 0.305 e. The molecule has 8 nitrogen and oxygen atoms in total. The van der Waals surface area contributed by atoms with Gasteiger partial charge < -0.3 is 29.2 Å². The van der Waals surface area contributed by atoms with Crippen LogP contribution in [-0.2, 0) is 19.1 Å². The van der Waals surface area contributed by atoms with Crippen molar-refractivity contribution < 1.29 is 38.7 Å². The zero-order valence-corrected chi connectivity index (χ0v) is 20.7. The van der Waals surface area contributed by atoms with Crippen LogP contribution in [0.25, 0.3) is 0 Å². The lowest BCUT2D eigenvalue weighted by Crippen LogP contribution is -2.25. The van der Waals surface area contributed by atoms with Gasteiger partial charge in [0.15, 0.2) is 0 Å². The normalized spacial score (nSPS) is 12.2. The Morgan fingerprint density at radius 1 is 0.714 bits per heavy atom. The Bertz CT molecular complexity index is 662. The van der Waals surface area contributed by atoms with E-state index >= 15 is 0 Å². The quantitative estimate of drug-likeness (QED) is 0.194. The second-order valence-corrected chi connectivity index (χ2v) is 8.40. The number of hydrogen-bond donors (Lipinski definition) is 2. The molecule has 0 amide bonds. The fraction of sp³-hybridized carbons (Fsp3) is 0.704. The first-order valence-corrected chi connectivity index (χ1v) is 12.4. The molecule has 0 heterocycles. The van der Waals surface area contributed by atoms with Gasteiger partial charge in [-0.1, -0.05) is 52.9 Å². The number of carbonyl (C=O) groups excluding carboxylic acids is 2. The van der Waals surface area contributed by atoms with E-state index in [1.165, 1.54) is 7.11 Å². The Kier molecular flexibility index (Phi) is 19.6. The molecule has 0 radical (unpaired) electrons. The molecule has 0 fully saturated rings. The lowest BCUT2D eigenvalue weighted by atomic mass is 10.1. The smallest absolute Gasteiger partial charge is 0.305 e. The van der Waals surface area contributed by atoms with Crippen molar-refractivity contribution in [1.29, 1.82) is 0 Å². The number of aliphatic hydroxyl groups is 2. The van der Waals surface area contributed by atoms with Crippen molar-refractivity contribution in [2.75, 3.05) is 26.9 Å². The van der Waals surface area contributed by atoms with E-state index in [2.05, 4.69) is 4.74 Å². The molecule has 8 heteroatoms. The average Bonchev–Trinajstić information content (AvgIpc) is 2.86. The van der Waals surface area contributed by atoms with Gasteiger partial charge in [0.1, 0.15) is 37.4 Å². The number of ether oxygens (including phenoxy) is 4. The summed E-state index contributed by atoms with van der Waals surface area (Å²) in [5, 5.41) is 19.5. The van der Waals surface area contributed by atoms with Crippen molar-refractivity contribution in [3.63, 3.8) is 0 Å². The van der Waals surface area contributed by atoms with Crippen LogP contribution in [0.2, 0.25) is 0 Å².